The number of nitrogens with two attached hydrogens (primary N) is 1. The molecule has 0 aliphatic carbocycles. The highest BCUT2D eigenvalue weighted by molar-refractivity contribution is 5.34. The lowest BCUT2D eigenvalue weighted by Gasteiger charge is -2.08. The van der Waals surface area contributed by atoms with Crippen molar-refractivity contribution in [2.45, 2.75) is 6.54 Å². The summed E-state index contributed by atoms with van der Waals surface area (Å²) in [5.74, 6) is -0.929. The monoisotopic (exact) mass is 236 g/mol. The molecule has 0 radical (unpaired) electrons. The van der Waals surface area contributed by atoms with Gasteiger partial charge in [-0.1, -0.05) is 0 Å². The first-order chi connectivity index (χ1) is 8.19. The number of rotatable bonds is 3. The molecule has 3 nitrogen and oxygen atoms in total. The first kappa shape index (κ1) is 11.5. The summed E-state index contributed by atoms with van der Waals surface area (Å²) < 4.78 is 31.2. The minimum atomic E-state index is -0.696. The van der Waals surface area contributed by atoms with Gasteiger partial charge < -0.3 is 10.5 Å². The minimum absolute atomic E-state index is 0.0743. The van der Waals surface area contributed by atoms with E-state index in [-0.39, 0.29) is 12.3 Å². The second-order valence-electron chi connectivity index (χ2n) is 3.36. The second-order valence-corrected chi connectivity index (χ2v) is 3.36. The summed E-state index contributed by atoms with van der Waals surface area (Å²) in [5, 5.41) is 0. The van der Waals surface area contributed by atoms with E-state index in [1.807, 2.05) is 0 Å². The van der Waals surface area contributed by atoms with Crippen LogP contribution in [-0.2, 0) is 6.54 Å². The van der Waals surface area contributed by atoms with Gasteiger partial charge in [0.05, 0.1) is 5.69 Å². The fourth-order valence-electron chi connectivity index (χ4n) is 1.38. The molecule has 1 heterocycles. The van der Waals surface area contributed by atoms with Crippen molar-refractivity contribution >= 4 is 0 Å². The third-order valence-corrected chi connectivity index (χ3v) is 2.11. The maximum atomic E-state index is 13.0. The van der Waals surface area contributed by atoms with Crippen LogP contribution in [0, 0.1) is 11.6 Å². The molecule has 2 N–H and O–H groups in total. The fraction of sp³-hybridized carbons (Fsp3) is 0.0833. The van der Waals surface area contributed by atoms with Crippen LogP contribution in [0.15, 0.2) is 36.5 Å². The third kappa shape index (κ3) is 2.76. The molecule has 0 bridgehead atoms. The normalized spacial score (nSPS) is 10.3. The average molecular weight is 236 g/mol. The van der Waals surface area contributed by atoms with Crippen molar-refractivity contribution in [3.8, 4) is 11.5 Å². The molecule has 0 aliphatic rings. The summed E-state index contributed by atoms with van der Waals surface area (Å²) >= 11 is 0. The number of pyridine rings is 1. The lowest BCUT2D eigenvalue weighted by atomic mass is 10.3. The van der Waals surface area contributed by atoms with Crippen LogP contribution in [-0.4, -0.2) is 4.98 Å². The van der Waals surface area contributed by atoms with Crippen LogP contribution < -0.4 is 10.5 Å². The maximum absolute atomic E-state index is 13.0. The number of benzene rings is 1. The zero-order valence-electron chi connectivity index (χ0n) is 8.86. The highest BCUT2D eigenvalue weighted by Crippen LogP contribution is 2.25. The Balaban J connectivity index is 2.31. The van der Waals surface area contributed by atoms with Crippen molar-refractivity contribution in [3.63, 3.8) is 0 Å². The zero-order chi connectivity index (χ0) is 12.3. The molecule has 1 aromatic carbocycles. The van der Waals surface area contributed by atoms with Gasteiger partial charge in [0, 0.05) is 30.9 Å². The van der Waals surface area contributed by atoms with Crippen molar-refractivity contribution < 1.29 is 13.5 Å². The van der Waals surface area contributed by atoms with Gasteiger partial charge in [0.1, 0.15) is 23.1 Å². The van der Waals surface area contributed by atoms with E-state index in [1.54, 1.807) is 18.3 Å². The molecule has 0 aliphatic heterocycles. The van der Waals surface area contributed by atoms with E-state index in [0.29, 0.717) is 11.4 Å². The van der Waals surface area contributed by atoms with Gasteiger partial charge >= 0.3 is 0 Å². The number of halogens is 2. The molecule has 1 aromatic heterocycles. The van der Waals surface area contributed by atoms with E-state index in [9.17, 15) is 8.78 Å². The number of ether oxygens (including phenoxy) is 1. The van der Waals surface area contributed by atoms with Crippen molar-refractivity contribution in [1.82, 2.24) is 4.98 Å². The highest BCUT2D eigenvalue weighted by Gasteiger charge is 2.06. The molecular weight excluding hydrogens is 226 g/mol. The molecule has 0 spiro atoms. The molecule has 0 fully saturated rings. The van der Waals surface area contributed by atoms with Gasteiger partial charge in [0.25, 0.3) is 0 Å². The Hall–Kier alpha value is -2.01. The van der Waals surface area contributed by atoms with E-state index in [2.05, 4.69) is 4.98 Å². The Labute approximate surface area is 96.9 Å². The molecule has 0 unspecified atom stereocenters. The van der Waals surface area contributed by atoms with E-state index in [0.717, 1.165) is 18.2 Å². The zero-order valence-corrected chi connectivity index (χ0v) is 8.86. The Kier molecular flexibility index (Phi) is 3.30. The van der Waals surface area contributed by atoms with Crippen molar-refractivity contribution in [1.29, 1.82) is 0 Å². The standard InChI is InChI=1S/C12H10F2N2O/c13-8-4-9(14)6-10(5-8)17-12-2-1-3-16-11(12)7-15/h1-6H,7,15H2. The van der Waals surface area contributed by atoms with Crippen molar-refractivity contribution in [2.24, 2.45) is 5.73 Å². The van der Waals surface area contributed by atoms with Gasteiger partial charge in [0.15, 0.2) is 0 Å². The molecule has 0 atom stereocenters. The molecule has 5 heteroatoms. The lowest BCUT2D eigenvalue weighted by molar-refractivity contribution is 0.460. The summed E-state index contributed by atoms with van der Waals surface area (Å²) in [6, 6.07) is 6.26. The van der Waals surface area contributed by atoms with E-state index in [4.69, 9.17) is 10.5 Å². The van der Waals surface area contributed by atoms with Crippen LogP contribution in [0.4, 0.5) is 8.78 Å². The summed E-state index contributed by atoms with van der Waals surface area (Å²) in [5.41, 5.74) is 6.00. The van der Waals surface area contributed by atoms with E-state index in [1.165, 1.54) is 0 Å². The predicted molar refractivity (Wildman–Crippen MR) is 58.6 cm³/mol. The Bertz CT molecular complexity index is 511. The Morgan fingerprint density at radius 1 is 1.18 bits per heavy atom. The van der Waals surface area contributed by atoms with Crippen LogP contribution in [0.3, 0.4) is 0 Å². The van der Waals surface area contributed by atoms with Crippen LogP contribution in [0.2, 0.25) is 0 Å². The first-order valence-corrected chi connectivity index (χ1v) is 4.97. The summed E-state index contributed by atoms with van der Waals surface area (Å²) in [4.78, 5) is 4.00. The number of aromatic nitrogens is 1. The summed E-state index contributed by atoms with van der Waals surface area (Å²) in [6.07, 6.45) is 1.57. The third-order valence-electron chi connectivity index (χ3n) is 2.11. The van der Waals surface area contributed by atoms with Gasteiger partial charge in [-0.25, -0.2) is 8.78 Å². The van der Waals surface area contributed by atoms with Gasteiger partial charge in [0.2, 0.25) is 0 Å². The molecular formula is C12H10F2N2O. The largest absolute Gasteiger partial charge is 0.455 e. The molecule has 17 heavy (non-hydrogen) atoms. The second kappa shape index (κ2) is 4.88. The molecule has 2 aromatic rings. The molecule has 0 saturated carbocycles. The van der Waals surface area contributed by atoms with E-state index < -0.39 is 11.6 Å². The topological polar surface area (TPSA) is 48.1 Å². The molecule has 0 amide bonds. The first-order valence-electron chi connectivity index (χ1n) is 4.97. The minimum Gasteiger partial charge on any atom is -0.455 e. The molecule has 2 rings (SSSR count). The number of hydrogen-bond acceptors (Lipinski definition) is 3. The van der Waals surface area contributed by atoms with Gasteiger partial charge in [-0.3, -0.25) is 4.98 Å². The van der Waals surface area contributed by atoms with E-state index >= 15 is 0 Å². The Morgan fingerprint density at radius 2 is 1.88 bits per heavy atom. The predicted octanol–water partition coefficient (Wildman–Crippen LogP) is 2.61. The molecule has 0 saturated heterocycles. The van der Waals surface area contributed by atoms with Gasteiger partial charge in [-0.2, -0.15) is 0 Å². The van der Waals surface area contributed by atoms with Crippen LogP contribution in [0.5, 0.6) is 11.5 Å². The highest BCUT2D eigenvalue weighted by atomic mass is 19.1. The lowest BCUT2D eigenvalue weighted by Crippen LogP contribution is -2.02. The number of nitrogens with zero attached hydrogens (tertiary/aromatic N) is 1. The molecule has 88 valence electrons. The fourth-order valence-corrected chi connectivity index (χ4v) is 1.38. The number of hydrogen-bond donors (Lipinski definition) is 1. The quantitative estimate of drug-likeness (QED) is 0.891. The SMILES string of the molecule is NCc1ncccc1Oc1cc(F)cc(F)c1. The Morgan fingerprint density at radius 3 is 2.53 bits per heavy atom. The van der Waals surface area contributed by atoms with Crippen LogP contribution >= 0.6 is 0 Å². The maximum Gasteiger partial charge on any atom is 0.150 e. The summed E-state index contributed by atoms with van der Waals surface area (Å²) in [6.45, 7) is 0.188. The van der Waals surface area contributed by atoms with Crippen LogP contribution in [0.1, 0.15) is 5.69 Å². The van der Waals surface area contributed by atoms with Crippen LogP contribution in [0.25, 0.3) is 0 Å². The smallest absolute Gasteiger partial charge is 0.150 e. The van der Waals surface area contributed by atoms with Crippen molar-refractivity contribution in [2.75, 3.05) is 0 Å². The van der Waals surface area contributed by atoms with Crippen molar-refractivity contribution in [3.05, 3.63) is 53.9 Å². The average Bonchev–Trinajstić information content (AvgIpc) is 2.28. The van der Waals surface area contributed by atoms with Gasteiger partial charge in [-0.05, 0) is 12.1 Å². The van der Waals surface area contributed by atoms with Gasteiger partial charge in [-0.15, -0.1) is 0 Å². The summed E-state index contributed by atoms with van der Waals surface area (Å²) in [7, 11) is 0.